The SMILES string of the molecule is COC(=O)c1c(C)[nH]c(C(=O)OCc2ccccc2C#N)c1C. The van der Waals surface area contributed by atoms with Crippen molar-refractivity contribution in [1.29, 1.82) is 5.26 Å². The van der Waals surface area contributed by atoms with Crippen LogP contribution in [0.15, 0.2) is 24.3 Å². The largest absolute Gasteiger partial charge is 0.465 e. The predicted octanol–water partition coefficient (Wildman–Crippen LogP) is 2.65. The first-order chi connectivity index (χ1) is 11.0. The number of nitrogens with one attached hydrogen (secondary N) is 1. The highest BCUT2D eigenvalue weighted by Crippen LogP contribution is 2.20. The number of methoxy groups -OCH3 is 1. The average Bonchev–Trinajstić information content (AvgIpc) is 2.86. The maximum absolute atomic E-state index is 12.2. The summed E-state index contributed by atoms with van der Waals surface area (Å²) in [6, 6.07) is 8.93. The quantitative estimate of drug-likeness (QED) is 0.876. The maximum atomic E-state index is 12.2. The molecule has 0 radical (unpaired) electrons. The summed E-state index contributed by atoms with van der Waals surface area (Å²) in [5, 5.41) is 9.02. The molecule has 6 nitrogen and oxygen atoms in total. The minimum Gasteiger partial charge on any atom is -0.465 e. The molecular weight excluding hydrogens is 296 g/mol. The second kappa shape index (κ2) is 6.79. The molecule has 0 aliphatic heterocycles. The standard InChI is InChI=1S/C17H16N2O4/c1-10-14(16(20)22-3)11(2)19-15(10)17(21)23-9-13-7-5-4-6-12(13)8-18/h4-7,19H,9H2,1-3H3. The Balaban J connectivity index is 2.19. The second-order valence-electron chi connectivity index (χ2n) is 4.96. The molecule has 2 aromatic rings. The van der Waals surface area contributed by atoms with Crippen molar-refractivity contribution in [2.75, 3.05) is 7.11 Å². The zero-order chi connectivity index (χ0) is 17.0. The van der Waals surface area contributed by atoms with Crippen molar-refractivity contribution in [1.82, 2.24) is 4.98 Å². The maximum Gasteiger partial charge on any atom is 0.355 e. The summed E-state index contributed by atoms with van der Waals surface area (Å²) >= 11 is 0. The van der Waals surface area contributed by atoms with Gasteiger partial charge in [0.15, 0.2) is 0 Å². The first-order valence-electron chi connectivity index (χ1n) is 6.92. The van der Waals surface area contributed by atoms with Crippen molar-refractivity contribution < 1.29 is 19.1 Å². The van der Waals surface area contributed by atoms with Crippen LogP contribution < -0.4 is 0 Å². The van der Waals surface area contributed by atoms with E-state index in [9.17, 15) is 9.59 Å². The predicted molar refractivity (Wildman–Crippen MR) is 81.9 cm³/mol. The van der Waals surface area contributed by atoms with Crippen LogP contribution >= 0.6 is 0 Å². The zero-order valence-corrected chi connectivity index (χ0v) is 13.1. The van der Waals surface area contributed by atoms with Crippen LogP contribution in [0.25, 0.3) is 0 Å². The number of nitrogens with zero attached hydrogens (tertiary/aromatic N) is 1. The van der Waals surface area contributed by atoms with Gasteiger partial charge in [-0.05, 0) is 25.5 Å². The Labute approximate surface area is 133 Å². The molecule has 0 aliphatic carbocycles. The third kappa shape index (κ3) is 3.24. The fraction of sp³-hybridized carbons (Fsp3) is 0.235. The number of ether oxygens (including phenoxy) is 2. The van der Waals surface area contributed by atoms with Gasteiger partial charge in [0, 0.05) is 11.3 Å². The third-order valence-electron chi connectivity index (χ3n) is 3.53. The lowest BCUT2D eigenvalue weighted by molar-refractivity contribution is 0.0465. The van der Waals surface area contributed by atoms with E-state index >= 15 is 0 Å². The van der Waals surface area contributed by atoms with Gasteiger partial charge in [-0.15, -0.1) is 0 Å². The van der Waals surface area contributed by atoms with Crippen LogP contribution in [0.1, 0.15) is 43.2 Å². The van der Waals surface area contributed by atoms with E-state index in [4.69, 9.17) is 14.7 Å². The Morgan fingerprint density at radius 2 is 1.91 bits per heavy atom. The number of esters is 2. The first-order valence-corrected chi connectivity index (χ1v) is 6.92. The molecule has 118 valence electrons. The number of benzene rings is 1. The van der Waals surface area contributed by atoms with Crippen molar-refractivity contribution in [3.8, 4) is 6.07 Å². The number of hydrogen-bond acceptors (Lipinski definition) is 5. The average molecular weight is 312 g/mol. The lowest BCUT2D eigenvalue weighted by Crippen LogP contribution is -2.09. The highest BCUT2D eigenvalue weighted by atomic mass is 16.5. The molecule has 0 fully saturated rings. The monoisotopic (exact) mass is 312 g/mol. The van der Waals surface area contributed by atoms with Gasteiger partial charge >= 0.3 is 11.9 Å². The van der Waals surface area contributed by atoms with Crippen LogP contribution in [0, 0.1) is 25.2 Å². The fourth-order valence-electron chi connectivity index (χ4n) is 2.33. The summed E-state index contributed by atoms with van der Waals surface area (Å²) in [4.78, 5) is 26.8. The Bertz CT molecular complexity index is 799. The smallest absolute Gasteiger partial charge is 0.355 e. The van der Waals surface area contributed by atoms with Gasteiger partial charge in [-0.2, -0.15) is 5.26 Å². The second-order valence-corrected chi connectivity index (χ2v) is 4.96. The van der Waals surface area contributed by atoms with Crippen LogP contribution in [0.3, 0.4) is 0 Å². The number of aryl methyl sites for hydroxylation is 1. The van der Waals surface area contributed by atoms with Crippen LogP contribution in [-0.2, 0) is 16.1 Å². The summed E-state index contributed by atoms with van der Waals surface area (Å²) in [6.45, 7) is 3.31. The molecule has 1 heterocycles. The minimum absolute atomic E-state index is 0.0202. The molecule has 0 spiro atoms. The number of rotatable bonds is 4. The van der Waals surface area contributed by atoms with Gasteiger partial charge in [-0.3, -0.25) is 0 Å². The number of H-pyrrole nitrogens is 1. The molecule has 0 aliphatic rings. The van der Waals surface area contributed by atoms with E-state index in [1.165, 1.54) is 7.11 Å². The lowest BCUT2D eigenvalue weighted by atomic mass is 10.1. The highest BCUT2D eigenvalue weighted by Gasteiger charge is 2.23. The van der Waals surface area contributed by atoms with Crippen molar-refractivity contribution in [2.45, 2.75) is 20.5 Å². The first kappa shape index (κ1) is 16.3. The van der Waals surface area contributed by atoms with Crippen molar-refractivity contribution in [3.05, 3.63) is 57.9 Å². The normalized spacial score (nSPS) is 10.0. The molecule has 0 amide bonds. The van der Waals surface area contributed by atoms with E-state index in [1.807, 2.05) is 6.07 Å². The Morgan fingerprint density at radius 1 is 1.22 bits per heavy atom. The van der Waals surface area contributed by atoms with E-state index in [1.54, 1.807) is 38.1 Å². The molecule has 6 heteroatoms. The van der Waals surface area contributed by atoms with Crippen molar-refractivity contribution in [2.24, 2.45) is 0 Å². The molecule has 2 rings (SSSR count). The van der Waals surface area contributed by atoms with E-state index in [2.05, 4.69) is 4.98 Å². The summed E-state index contributed by atoms with van der Waals surface area (Å²) in [6.07, 6.45) is 0. The Hall–Kier alpha value is -3.07. The van der Waals surface area contributed by atoms with Crippen LogP contribution in [-0.4, -0.2) is 24.0 Å². The zero-order valence-electron chi connectivity index (χ0n) is 13.1. The molecule has 0 unspecified atom stereocenters. The van der Waals surface area contributed by atoms with Crippen LogP contribution in [0.5, 0.6) is 0 Å². The fourth-order valence-corrected chi connectivity index (χ4v) is 2.33. The van der Waals surface area contributed by atoms with Gasteiger partial charge in [0.25, 0.3) is 0 Å². The van der Waals surface area contributed by atoms with Crippen molar-refractivity contribution in [3.63, 3.8) is 0 Å². The number of aromatic amines is 1. The van der Waals surface area contributed by atoms with E-state index in [0.29, 0.717) is 27.9 Å². The topological polar surface area (TPSA) is 92.2 Å². The van der Waals surface area contributed by atoms with Crippen molar-refractivity contribution >= 4 is 11.9 Å². The molecular formula is C17H16N2O4. The molecule has 23 heavy (non-hydrogen) atoms. The van der Waals surface area contributed by atoms with E-state index in [0.717, 1.165) is 0 Å². The summed E-state index contributed by atoms with van der Waals surface area (Å²) in [5.41, 5.74) is 2.63. The summed E-state index contributed by atoms with van der Waals surface area (Å²) in [7, 11) is 1.28. The molecule has 1 N–H and O–H groups in total. The van der Waals surface area contributed by atoms with Gasteiger partial charge < -0.3 is 14.5 Å². The Kier molecular flexibility index (Phi) is 4.82. The molecule has 0 saturated carbocycles. The minimum atomic E-state index is -0.589. The third-order valence-corrected chi connectivity index (χ3v) is 3.53. The summed E-state index contributed by atoms with van der Waals surface area (Å²) in [5.74, 6) is -1.10. The highest BCUT2D eigenvalue weighted by molar-refractivity contribution is 5.98. The van der Waals surface area contributed by atoms with Crippen LogP contribution in [0.4, 0.5) is 0 Å². The summed E-state index contributed by atoms with van der Waals surface area (Å²) < 4.78 is 9.95. The number of carbonyl (C=O) groups is 2. The molecule has 0 saturated heterocycles. The van der Waals surface area contributed by atoms with Crippen LogP contribution in [0.2, 0.25) is 0 Å². The number of aromatic nitrogens is 1. The number of nitriles is 1. The van der Waals surface area contributed by atoms with Gasteiger partial charge in [0.05, 0.1) is 24.3 Å². The molecule has 1 aromatic heterocycles. The lowest BCUT2D eigenvalue weighted by Gasteiger charge is -2.06. The molecule has 1 aromatic carbocycles. The van der Waals surface area contributed by atoms with E-state index < -0.39 is 11.9 Å². The number of carbonyl (C=O) groups excluding carboxylic acids is 2. The van der Waals surface area contributed by atoms with E-state index in [-0.39, 0.29) is 12.3 Å². The molecule has 0 bridgehead atoms. The number of hydrogen-bond donors (Lipinski definition) is 1. The Morgan fingerprint density at radius 3 is 2.57 bits per heavy atom. The molecule has 0 atom stereocenters. The van der Waals surface area contributed by atoms with Gasteiger partial charge in [-0.25, -0.2) is 9.59 Å². The van der Waals surface area contributed by atoms with Gasteiger partial charge in [-0.1, -0.05) is 18.2 Å². The van der Waals surface area contributed by atoms with Gasteiger partial charge in [0.2, 0.25) is 0 Å². The van der Waals surface area contributed by atoms with Gasteiger partial charge in [0.1, 0.15) is 12.3 Å².